The molecule has 5 atom stereocenters. The van der Waals surface area contributed by atoms with Gasteiger partial charge in [0, 0.05) is 6.42 Å². The lowest BCUT2D eigenvalue weighted by Crippen LogP contribution is -2.60. The van der Waals surface area contributed by atoms with Gasteiger partial charge in [-0.15, -0.1) is 0 Å². The zero-order valence-electron chi connectivity index (χ0n) is 14.7. The minimum atomic E-state index is -1.97. The Morgan fingerprint density at radius 2 is 1.81 bits per heavy atom. The van der Waals surface area contributed by atoms with Crippen LogP contribution in [0.5, 0.6) is 0 Å². The second-order valence-corrected chi connectivity index (χ2v) is 7.68. The van der Waals surface area contributed by atoms with Gasteiger partial charge in [-0.2, -0.15) is 15.8 Å². The molecule has 27 heavy (non-hydrogen) atoms. The zero-order chi connectivity index (χ0) is 19.4. The highest BCUT2D eigenvalue weighted by molar-refractivity contribution is 5.89. The molecule has 7 heteroatoms. The Hall–Kier alpha value is -2.95. The highest BCUT2D eigenvalue weighted by Crippen LogP contribution is 2.69. The molecule has 0 aromatic heterocycles. The standard InChI is InChI=1S/C20H17FN4O2/c1-12-6-7-20-15(8-12)19(11-24,17(25)27-20)18(9-22,10-23)16(26-20)13-2-4-14(21)5-3-13/h2-5,12,15-16,25H,6-8H2,1H3. The molecule has 4 rings (SSSR count). The third-order valence-electron chi connectivity index (χ3n) is 6.34. The summed E-state index contributed by atoms with van der Waals surface area (Å²) in [5.41, 5.74) is -3.30. The smallest absolute Gasteiger partial charge is 0.217 e. The summed E-state index contributed by atoms with van der Waals surface area (Å²) in [5, 5.41) is 38.8. The van der Waals surface area contributed by atoms with Crippen LogP contribution in [0, 0.1) is 67.9 Å². The van der Waals surface area contributed by atoms with Crippen LogP contribution in [0.4, 0.5) is 4.39 Å². The molecule has 2 bridgehead atoms. The quantitative estimate of drug-likeness (QED) is 0.818. The molecule has 5 unspecified atom stereocenters. The molecule has 1 aromatic carbocycles. The molecule has 0 amide bonds. The Kier molecular flexibility index (Phi) is 3.57. The summed E-state index contributed by atoms with van der Waals surface area (Å²) in [6.45, 7) is 2.04. The van der Waals surface area contributed by atoms with Crippen molar-refractivity contribution in [1.82, 2.24) is 0 Å². The van der Waals surface area contributed by atoms with E-state index >= 15 is 0 Å². The number of halogens is 1. The predicted molar refractivity (Wildman–Crippen MR) is 90.0 cm³/mol. The van der Waals surface area contributed by atoms with Crippen molar-refractivity contribution < 1.29 is 13.9 Å². The van der Waals surface area contributed by atoms with Crippen molar-refractivity contribution in [2.45, 2.75) is 38.1 Å². The lowest BCUT2D eigenvalue weighted by Gasteiger charge is -2.52. The van der Waals surface area contributed by atoms with Gasteiger partial charge in [0.1, 0.15) is 11.9 Å². The van der Waals surface area contributed by atoms with Crippen molar-refractivity contribution in [2.75, 3.05) is 0 Å². The molecule has 1 saturated carbocycles. The van der Waals surface area contributed by atoms with Crippen LogP contribution in [0.2, 0.25) is 0 Å². The Morgan fingerprint density at radius 1 is 1.15 bits per heavy atom. The van der Waals surface area contributed by atoms with E-state index in [0.717, 1.165) is 6.42 Å². The maximum absolute atomic E-state index is 13.4. The molecule has 0 radical (unpaired) electrons. The van der Waals surface area contributed by atoms with Gasteiger partial charge in [-0.05, 0) is 36.5 Å². The number of ether oxygens (including phenoxy) is 2. The van der Waals surface area contributed by atoms with Crippen LogP contribution >= 0.6 is 0 Å². The van der Waals surface area contributed by atoms with E-state index in [9.17, 15) is 20.2 Å². The van der Waals surface area contributed by atoms with Gasteiger partial charge in [-0.3, -0.25) is 5.41 Å². The van der Waals surface area contributed by atoms with Crippen molar-refractivity contribution in [1.29, 1.82) is 21.2 Å². The molecule has 0 spiro atoms. The van der Waals surface area contributed by atoms with Crippen LogP contribution in [-0.4, -0.2) is 11.7 Å². The third kappa shape index (κ3) is 1.91. The first-order valence-electron chi connectivity index (χ1n) is 8.84. The summed E-state index contributed by atoms with van der Waals surface area (Å²) in [6.07, 6.45) is 0.653. The average Bonchev–Trinajstić information content (AvgIpc) is 2.86. The van der Waals surface area contributed by atoms with Gasteiger partial charge in [0.25, 0.3) is 0 Å². The fourth-order valence-corrected chi connectivity index (χ4v) is 4.97. The number of nitriles is 3. The van der Waals surface area contributed by atoms with Crippen molar-refractivity contribution in [3.8, 4) is 18.2 Å². The molecular formula is C20H17FN4O2. The van der Waals surface area contributed by atoms with E-state index in [4.69, 9.17) is 14.9 Å². The SMILES string of the molecule is CC1CCC23OC(=N)C(C#N)(C2C1)C(C#N)(C#N)C(c1ccc(F)cc1)O3. The summed E-state index contributed by atoms with van der Waals surface area (Å²) in [6, 6.07) is 11.5. The molecule has 3 aliphatic rings. The molecule has 2 aliphatic heterocycles. The number of hydrogen-bond donors (Lipinski definition) is 1. The lowest BCUT2D eigenvalue weighted by atomic mass is 9.50. The van der Waals surface area contributed by atoms with Gasteiger partial charge >= 0.3 is 0 Å². The molecule has 2 saturated heterocycles. The molecule has 1 N–H and O–H groups in total. The van der Waals surface area contributed by atoms with E-state index in [-0.39, 0.29) is 11.8 Å². The number of nitrogens with zero attached hydrogens (tertiary/aromatic N) is 3. The van der Waals surface area contributed by atoms with Crippen LogP contribution in [0.25, 0.3) is 0 Å². The lowest BCUT2D eigenvalue weighted by molar-refractivity contribution is -0.298. The molecule has 1 aliphatic carbocycles. The van der Waals surface area contributed by atoms with E-state index in [2.05, 4.69) is 6.07 Å². The first-order chi connectivity index (χ1) is 12.9. The maximum Gasteiger partial charge on any atom is 0.217 e. The minimum absolute atomic E-state index is 0.256. The highest BCUT2D eigenvalue weighted by Gasteiger charge is 2.80. The second kappa shape index (κ2) is 5.52. The summed E-state index contributed by atoms with van der Waals surface area (Å²) < 4.78 is 25.5. The van der Waals surface area contributed by atoms with Crippen LogP contribution < -0.4 is 0 Å². The van der Waals surface area contributed by atoms with Crippen LogP contribution in [0.3, 0.4) is 0 Å². The van der Waals surface area contributed by atoms with Crippen LogP contribution in [0.1, 0.15) is 37.9 Å². The fraction of sp³-hybridized carbons (Fsp3) is 0.500. The van der Waals surface area contributed by atoms with Crippen LogP contribution in [-0.2, 0) is 9.47 Å². The van der Waals surface area contributed by atoms with Crippen LogP contribution in [0.15, 0.2) is 24.3 Å². The minimum Gasteiger partial charge on any atom is -0.447 e. The number of benzene rings is 1. The van der Waals surface area contributed by atoms with E-state index < -0.39 is 34.5 Å². The second-order valence-electron chi connectivity index (χ2n) is 7.68. The van der Waals surface area contributed by atoms with Crippen molar-refractivity contribution >= 4 is 5.90 Å². The molecule has 6 nitrogen and oxygen atoms in total. The Balaban J connectivity index is 1.98. The van der Waals surface area contributed by atoms with Gasteiger partial charge in [0.15, 0.2) is 5.41 Å². The first-order valence-corrected chi connectivity index (χ1v) is 8.84. The van der Waals surface area contributed by atoms with Crippen molar-refractivity contribution in [3.05, 3.63) is 35.6 Å². The van der Waals surface area contributed by atoms with E-state index in [1.54, 1.807) is 0 Å². The Bertz CT molecular complexity index is 927. The average molecular weight is 364 g/mol. The number of rotatable bonds is 1. The predicted octanol–water partition coefficient (Wildman–Crippen LogP) is 3.58. The maximum atomic E-state index is 13.4. The third-order valence-corrected chi connectivity index (χ3v) is 6.34. The summed E-state index contributed by atoms with van der Waals surface area (Å²) >= 11 is 0. The molecular weight excluding hydrogens is 347 g/mol. The summed E-state index contributed by atoms with van der Waals surface area (Å²) in [7, 11) is 0. The Labute approximate surface area is 156 Å². The topological polar surface area (TPSA) is 114 Å². The molecule has 1 aromatic rings. The van der Waals surface area contributed by atoms with Gasteiger partial charge in [-0.25, -0.2) is 4.39 Å². The molecule has 2 heterocycles. The van der Waals surface area contributed by atoms with Gasteiger partial charge in [0.05, 0.1) is 24.1 Å². The summed E-state index contributed by atoms with van der Waals surface area (Å²) in [4.78, 5) is 0. The summed E-state index contributed by atoms with van der Waals surface area (Å²) in [5.74, 6) is -2.38. The van der Waals surface area contributed by atoms with Crippen molar-refractivity contribution in [2.24, 2.45) is 22.7 Å². The van der Waals surface area contributed by atoms with Gasteiger partial charge in [-0.1, -0.05) is 19.1 Å². The highest BCUT2D eigenvalue weighted by atomic mass is 19.1. The van der Waals surface area contributed by atoms with E-state index in [1.807, 2.05) is 19.1 Å². The Morgan fingerprint density at radius 3 is 2.41 bits per heavy atom. The zero-order valence-corrected chi connectivity index (χ0v) is 14.7. The van der Waals surface area contributed by atoms with E-state index in [1.165, 1.54) is 24.3 Å². The fourth-order valence-electron chi connectivity index (χ4n) is 4.97. The molecule has 3 fully saturated rings. The normalized spacial score (nSPS) is 38.6. The van der Waals surface area contributed by atoms with E-state index in [0.29, 0.717) is 18.4 Å². The largest absolute Gasteiger partial charge is 0.447 e. The molecule has 136 valence electrons. The first kappa shape index (κ1) is 17.5. The monoisotopic (exact) mass is 364 g/mol. The van der Waals surface area contributed by atoms with Gasteiger partial charge in [0.2, 0.25) is 17.1 Å². The van der Waals surface area contributed by atoms with Crippen molar-refractivity contribution in [3.63, 3.8) is 0 Å². The van der Waals surface area contributed by atoms with Gasteiger partial charge < -0.3 is 9.47 Å². The number of nitrogens with one attached hydrogen (secondary N) is 1. The number of hydrogen-bond acceptors (Lipinski definition) is 6.